The van der Waals surface area contributed by atoms with Gasteiger partial charge < -0.3 is 14.5 Å². The first-order chi connectivity index (χ1) is 12.0. The maximum Gasteiger partial charge on any atom is 0.328 e. The summed E-state index contributed by atoms with van der Waals surface area (Å²) < 4.78 is 3.36. The Bertz CT molecular complexity index is 846. The van der Waals surface area contributed by atoms with Crippen molar-refractivity contribution in [1.82, 2.24) is 29.6 Å². The number of aromatic amines is 1. The molecule has 0 aromatic carbocycles. The van der Waals surface area contributed by atoms with Gasteiger partial charge in [-0.3, -0.25) is 14.6 Å². The fourth-order valence-corrected chi connectivity index (χ4v) is 3.25. The van der Waals surface area contributed by atoms with Gasteiger partial charge in [-0.05, 0) is 19.8 Å². The molecule has 1 unspecified atom stereocenters. The molecular formula is C16H22N6O3. The van der Waals surface area contributed by atoms with E-state index in [1.54, 1.807) is 6.33 Å². The maximum absolute atomic E-state index is 12.2. The van der Waals surface area contributed by atoms with Crippen molar-refractivity contribution < 1.29 is 4.79 Å². The van der Waals surface area contributed by atoms with Crippen LogP contribution in [0.25, 0.3) is 0 Å². The summed E-state index contributed by atoms with van der Waals surface area (Å²) in [6.45, 7) is 2.07. The second-order valence-corrected chi connectivity index (χ2v) is 6.38. The molecule has 0 spiro atoms. The minimum atomic E-state index is -0.519. The molecule has 1 atom stereocenters. The van der Waals surface area contributed by atoms with Gasteiger partial charge in [-0.1, -0.05) is 12.8 Å². The van der Waals surface area contributed by atoms with Crippen LogP contribution in [0.1, 0.15) is 56.9 Å². The summed E-state index contributed by atoms with van der Waals surface area (Å²) in [5.74, 6) is 0.563. The zero-order valence-corrected chi connectivity index (χ0v) is 14.1. The van der Waals surface area contributed by atoms with Crippen molar-refractivity contribution in [3.8, 4) is 0 Å². The highest BCUT2D eigenvalue weighted by Crippen LogP contribution is 2.31. The molecule has 9 heteroatoms. The molecule has 2 aromatic rings. The van der Waals surface area contributed by atoms with Gasteiger partial charge in [0.25, 0.3) is 5.56 Å². The van der Waals surface area contributed by atoms with Gasteiger partial charge in [0.05, 0.1) is 6.04 Å². The summed E-state index contributed by atoms with van der Waals surface area (Å²) >= 11 is 0. The number of H-pyrrole nitrogens is 1. The smallest absolute Gasteiger partial charge is 0.328 e. The van der Waals surface area contributed by atoms with Crippen molar-refractivity contribution in [3.63, 3.8) is 0 Å². The number of rotatable bonds is 6. The Morgan fingerprint density at radius 1 is 1.40 bits per heavy atom. The molecule has 2 aromatic heterocycles. The van der Waals surface area contributed by atoms with Crippen LogP contribution in [0.3, 0.4) is 0 Å². The van der Waals surface area contributed by atoms with E-state index in [9.17, 15) is 14.4 Å². The molecule has 0 radical (unpaired) electrons. The van der Waals surface area contributed by atoms with E-state index in [1.807, 2.05) is 6.92 Å². The molecule has 2 N–H and O–H groups in total. The largest absolute Gasteiger partial charge is 0.346 e. The first-order valence-corrected chi connectivity index (χ1v) is 8.53. The molecule has 0 bridgehead atoms. The van der Waals surface area contributed by atoms with Gasteiger partial charge in [-0.25, -0.2) is 4.79 Å². The topological polar surface area (TPSA) is 115 Å². The molecule has 0 aliphatic heterocycles. The summed E-state index contributed by atoms with van der Waals surface area (Å²) in [6, 6.07) is 1.40. The maximum atomic E-state index is 12.2. The fraction of sp³-hybridized carbons (Fsp3) is 0.562. The summed E-state index contributed by atoms with van der Waals surface area (Å²) in [4.78, 5) is 37.0. The van der Waals surface area contributed by atoms with Crippen LogP contribution in [0.15, 0.2) is 28.2 Å². The molecule has 1 aliphatic carbocycles. The van der Waals surface area contributed by atoms with E-state index < -0.39 is 11.2 Å². The lowest BCUT2D eigenvalue weighted by molar-refractivity contribution is -0.122. The molecule has 1 fully saturated rings. The number of aromatic nitrogens is 5. The lowest BCUT2D eigenvalue weighted by Crippen LogP contribution is -2.33. The Morgan fingerprint density at radius 2 is 2.16 bits per heavy atom. The second kappa shape index (κ2) is 7.45. The molecule has 1 amide bonds. The standard InChI is InChI=1S/C16H22N6O3/c1-11(15-20-17-10-22(15)12-4-2-3-5-12)18-13(23)6-8-21-9-7-14(24)19-16(21)25/h7,9-12H,2-6,8H2,1H3,(H,18,23)(H,19,24,25). The van der Waals surface area contributed by atoms with Crippen LogP contribution in [-0.2, 0) is 11.3 Å². The number of hydrogen-bond acceptors (Lipinski definition) is 5. The number of hydrogen-bond donors (Lipinski definition) is 2. The highest BCUT2D eigenvalue weighted by molar-refractivity contribution is 5.76. The van der Waals surface area contributed by atoms with Crippen LogP contribution in [0, 0.1) is 0 Å². The molecule has 3 rings (SSSR count). The Kier molecular flexibility index (Phi) is 5.11. The first kappa shape index (κ1) is 17.1. The monoisotopic (exact) mass is 346 g/mol. The van der Waals surface area contributed by atoms with Crippen molar-refractivity contribution >= 4 is 5.91 Å². The van der Waals surface area contributed by atoms with Gasteiger partial charge in [0.2, 0.25) is 5.91 Å². The Morgan fingerprint density at radius 3 is 2.88 bits per heavy atom. The van der Waals surface area contributed by atoms with Crippen molar-refractivity contribution in [3.05, 3.63) is 45.3 Å². The Balaban J connectivity index is 1.58. The molecule has 0 saturated heterocycles. The number of aryl methyl sites for hydroxylation is 1. The molecular weight excluding hydrogens is 324 g/mol. The molecule has 1 aliphatic rings. The number of nitrogens with zero attached hydrogens (tertiary/aromatic N) is 4. The van der Waals surface area contributed by atoms with Crippen LogP contribution >= 0.6 is 0 Å². The predicted octanol–water partition coefficient (Wildman–Crippen LogP) is 0.511. The third kappa shape index (κ3) is 4.04. The Labute approximate surface area is 144 Å². The van der Waals surface area contributed by atoms with Crippen LogP contribution < -0.4 is 16.6 Å². The van der Waals surface area contributed by atoms with Gasteiger partial charge in [-0.15, -0.1) is 10.2 Å². The van der Waals surface area contributed by atoms with Crippen LogP contribution in [0.2, 0.25) is 0 Å². The van der Waals surface area contributed by atoms with Crippen molar-refractivity contribution in [1.29, 1.82) is 0 Å². The third-order valence-corrected chi connectivity index (χ3v) is 4.56. The zero-order chi connectivity index (χ0) is 17.8. The Hall–Kier alpha value is -2.71. The van der Waals surface area contributed by atoms with Crippen molar-refractivity contribution in [2.45, 2.75) is 57.7 Å². The molecule has 134 valence electrons. The number of nitrogens with one attached hydrogen (secondary N) is 2. The van der Waals surface area contributed by atoms with E-state index in [0.717, 1.165) is 18.7 Å². The highest BCUT2D eigenvalue weighted by Gasteiger charge is 2.23. The lowest BCUT2D eigenvalue weighted by atomic mass is 10.2. The SMILES string of the molecule is CC(NC(=O)CCn1ccc(=O)[nH]c1=O)c1nncn1C1CCCC1. The number of amides is 1. The van der Waals surface area contributed by atoms with E-state index in [0.29, 0.717) is 6.04 Å². The molecule has 25 heavy (non-hydrogen) atoms. The molecule has 1 saturated carbocycles. The first-order valence-electron chi connectivity index (χ1n) is 8.53. The minimum absolute atomic E-state index is 0.133. The lowest BCUT2D eigenvalue weighted by Gasteiger charge is -2.18. The normalized spacial score (nSPS) is 16.0. The zero-order valence-electron chi connectivity index (χ0n) is 14.1. The van der Waals surface area contributed by atoms with Crippen LogP contribution in [0.4, 0.5) is 0 Å². The fourth-order valence-electron chi connectivity index (χ4n) is 3.25. The average Bonchev–Trinajstić information content (AvgIpc) is 3.25. The average molecular weight is 346 g/mol. The third-order valence-electron chi connectivity index (χ3n) is 4.56. The van der Waals surface area contributed by atoms with E-state index in [-0.39, 0.29) is 24.9 Å². The number of carbonyl (C=O) groups excluding carboxylic acids is 1. The summed E-state index contributed by atoms with van der Waals surface area (Å²) in [5.41, 5.74) is -0.972. The van der Waals surface area contributed by atoms with E-state index in [2.05, 4.69) is 25.1 Å². The van der Waals surface area contributed by atoms with Gasteiger partial charge in [0, 0.05) is 31.3 Å². The molecule has 2 heterocycles. The summed E-state index contributed by atoms with van der Waals surface area (Å²) in [5, 5.41) is 11.0. The minimum Gasteiger partial charge on any atom is -0.346 e. The van der Waals surface area contributed by atoms with Gasteiger partial charge in [-0.2, -0.15) is 0 Å². The van der Waals surface area contributed by atoms with E-state index >= 15 is 0 Å². The van der Waals surface area contributed by atoms with Crippen LogP contribution in [-0.4, -0.2) is 30.2 Å². The van der Waals surface area contributed by atoms with Crippen molar-refractivity contribution in [2.24, 2.45) is 0 Å². The van der Waals surface area contributed by atoms with Gasteiger partial charge in [0.15, 0.2) is 5.82 Å². The summed E-state index contributed by atoms with van der Waals surface area (Å²) in [7, 11) is 0. The van der Waals surface area contributed by atoms with Gasteiger partial charge >= 0.3 is 5.69 Å². The quantitative estimate of drug-likeness (QED) is 0.791. The van der Waals surface area contributed by atoms with Gasteiger partial charge in [0.1, 0.15) is 6.33 Å². The van der Waals surface area contributed by atoms with E-state index in [1.165, 1.54) is 29.7 Å². The predicted molar refractivity (Wildman–Crippen MR) is 90.0 cm³/mol. The summed E-state index contributed by atoms with van der Waals surface area (Å²) in [6.07, 6.45) is 7.88. The molecule has 9 nitrogen and oxygen atoms in total. The highest BCUT2D eigenvalue weighted by atomic mass is 16.2. The number of carbonyl (C=O) groups is 1. The van der Waals surface area contributed by atoms with E-state index in [4.69, 9.17) is 0 Å². The van der Waals surface area contributed by atoms with Crippen LogP contribution in [0.5, 0.6) is 0 Å². The second-order valence-electron chi connectivity index (χ2n) is 6.38. The van der Waals surface area contributed by atoms with Crippen molar-refractivity contribution in [2.75, 3.05) is 0 Å².